The summed E-state index contributed by atoms with van der Waals surface area (Å²) in [5.74, 6) is 1.95. The number of nitrogens with one attached hydrogen (secondary N) is 2. The smallest absolute Gasteiger partial charge is 0.228 e. The number of carbonyl (C=O) groups is 1. The van der Waals surface area contributed by atoms with Crippen LogP contribution in [0.2, 0.25) is 0 Å². The van der Waals surface area contributed by atoms with Gasteiger partial charge in [0.25, 0.3) is 0 Å². The molecule has 0 fully saturated rings. The van der Waals surface area contributed by atoms with Gasteiger partial charge in [-0.1, -0.05) is 30.3 Å². The molecule has 124 valence electrons. The second-order valence-electron chi connectivity index (χ2n) is 5.72. The highest BCUT2D eigenvalue weighted by molar-refractivity contribution is 5.94. The summed E-state index contributed by atoms with van der Waals surface area (Å²) in [7, 11) is 0. The summed E-state index contributed by atoms with van der Waals surface area (Å²) >= 11 is 0. The number of hydrogen-bond acceptors (Lipinski definition) is 5. The van der Waals surface area contributed by atoms with Crippen LogP contribution in [0.1, 0.15) is 18.0 Å². The van der Waals surface area contributed by atoms with Crippen molar-refractivity contribution in [3.63, 3.8) is 0 Å². The highest BCUT2D eigenvalue weighted by atomic mass is 16.5. The number of amides is 1. The minimum atomic E-state index is -0.155. The summed E-state index contributed by atoms with van der Waals surface area (Å²) in [5, 5.41) is 6.12. The van der Waals surface area contributed by atoms with E-state index in [1.165, 1.54) is 6.33 Å². The molecule has 1 aliphatic rings. The fourth-order valence-electron chi connectivity index (χ4n) is 2.74. The van der Waals surface area contributed by atoms with Gasteiger partial charge < -0.3 is 15.4 Å². The van der Waals surface area contributed by atoms with Crippen molar-refractivity contribution in [1.82, 2.24) is 9.97 Å². The predicted octanol–water partition coefficient (Wildman–Crippen LogP) is 3.76. The van der Waals surface area contributed by atoms with E-state index in [9.17, 15) is 4.79 Å². The van der Waals surface area contributed by atoms with E-state index in [1.807, 2.05) is 54.6 Å². The zero-order valence-electron chi connectivity index (χ0n) is 13.3. The molecule has 0 saturated heterocycles. The van der Waals surface area contributed by atoms with E-state index in [2.05, 4.69) is 20.6 Å². The number of para-hydroxylation sites is 1. The van der Waals surface area contributed by atoms with Crippen molar-refractivity contribution in [2.45, 2.75) is 12.5 Å². The molecule has 1 aromatic heterocycles. The lowest BCUT2D eigenvalue weighted by molar-refractivity contribution is -0.116. The van der Waals surface area contributed by atoms with E-state index >= 15 is 0 Å². The first-order valence-corrected chi connectivity index (χ1v) is 7.97. The Kier molecular flexibility index (Phi) is 4.00. The standard InChI is InChI=1S/C19H16N4O2/c24-18-10-16(22-17-11-20-12-21-19(17)23-18)13-6-8-15(9-7-13)25-14-4-2-1-3-5-14/h1-9,11-12,16,22H,10H2,(H,20,21,23,24). The zero-order chi connectivity index (χ0) is 17.1. The van der Waals surface area contributed by atoms with E-state index in [0.29, 0.717) is 17.9 Å². The molecule has 1 aliphatic heterocycles. The SMILES string of the molecule is O=C1CC(c2ccc(Oc3ccccc3)cc2)Nc2cncnc2N1. The van der Waals surface area contributed by atoms with Crippen LogP contribution in [-0.4, -0.2) is 15.9 Å². The minimum absolute atomic E-state index is 0.0837. The quantitative estimate of drug-likeness (QED) is 0.763. The van der Waals surface area contributed by atoms with Crippen LogP contribution in [0.3, 0.4) is 0 Å². The fraction of sp³-hybridized carbons (Fsp3) is 0.105. The third-order valence-corrected chi connectivity index (χ3v) is 3.95. The Balaban J connectivity index is 1.54. The van der Waals surface area contributed by atoms with Gasteiger partial charge in [-0.05, 0) is 29.8 Å². The molecule has 1 amide bonds. The van der Waals surface area contributed by atoms with Gasteiger partial charge in [-0.2, -0.15) is 0 Å². The normalized spacial score (nSPS) is 16.2. The molecule has 2 N–H and O–H groups in total. The highest BCUT2D eigenvalue weighted by Crippen LogP contribution is 2.31. The van der Waals surface area contributed by atoms with Crippen LogP contribution in [0, 0.1) is 0 Å². The van der Waals surface area contributed by atoms with Crippen molar-refractivity contribution in [3.05, 3.63) is 72.7 Å². The number of fused-ring (bicyclic) bond motifs is 1. The Morgan fingerprint density at radius 3 is 2.56 bits per heavy atom. The van der Waals surface area contributed by atoms with E-state index < -0.39 is 0 Å². The molecule has 0 radical (unpaired) electrons. The average Bonchev–Trinajstić information content (AvgIpc) is 2.81. The summed E-state index contributed by atoms with van der Waals surface area (Å²) in [5.41, 5.74) is 1.70. The maximum atomic E-state index is 12.1. The van der Waals surface area contributed by atoms with Gasteiger partial charge in [-0.3, -0.25) is 4.79 Å². The molecule has 0 bridgehead atoms. The molecule has 0 spiro atoms. The summed E-state index contributed by atoms with van der Waals surface area (Å²) in [6.07, 6.45) is 3.39. The number of carbonyl (C=O) groups excluding carboxylic acids is 1. The first-order valence-electron chi connectivity index (χ1n) is 7.97. The zero-order valence-corrected chi connectivity index (χ0v) is 13.3. The number of hydrogen-bond donors (Lipinski definition) is 2. The molecule has 2 heterocycles. The molecule has 6 nitrogen and oxygen atoms in total. The van der Waals surface area contributed by atoms with Crippen molar-refractivity contribution in [2.75, 3.05) is 10.6 Å². The van der Waals surface area contributed by atoms with Crippen LogP contribution in [0.4, 0.5) is 11.5 Å². The van der Waals surface area contributed by atoms with Gasteiger partial charge in [-0.25, -0.2) is 9.97 Å². The van der Waals surface area contributed by atoms with Crippen LogP contribution in [0.5, 0.6) is 11.5 Å². The second-order valence-corrected chi connectivity index (χ2v) is 5.72. The minimum Gasteiger partial charge on any atom is -0.457 e. The van der Waals surface area contributed by atoms with Crippen molar-refractivity contribution in [2.24, 2.45) is 0 Å². The topological polar surface area (TPSA) is 76.1 Å². The van der Waals surface area contributed by atoms with E-state index in [1.54, 1.807) is 6.20 Å². The molecule has 25 heavy (non-hydrogen) atoms. The molecule has 4 rings (SSSR count). The van der Waals surface area contributed by atoms with Gasteiger partial charge in [0.1, 0.15) is 17.8 Å². The van der Waals surface area contributed by atoms with Crippen LogP contribution < -0.4 is 15.4 Å². The molecule has 1 unspecified atom stereocenters. The largest absolute Gasteiger partial charge is 0.457 e. The number of nitrogens with zero attached hydrogens (tertiary/aromatic N) is 2. The Hall–Kier alpha value is -3.41. The van der Waals surface area contributed by atoms with E-state index in [4.69, 9.17) is 4.74 Å². The second kappa shape index (κ2) is 6.60. The number of ether oxygens (including phenoxy) is 1. The Morgan fingerprint density at radius 2 is 1.76 bits per heavy atom. The van der Waals surface area contributed by atoms with Crippen molar-refractivity contribution in [1.29, 1.82) is 0 Å². The molecule has 1 atom stereocenters. The summed E-state index contributed by atoms with van der Waals surface area (Å²) in [4.78, 5) is 20.2. The molecule has 0 aliphatic carbocycles. The lowest BCUT2D eigenvalue weighted by atomic mass is 10.0. The Labute approximate surface area is 144 Å². The first kappa shape index (κ1) is 15.1. The average molecular weight is 332 g/mol. The van der Waals surface area contributed by atoms with Gasteiger partial charge in [-0.15, -0.1) is 0 Å². The Morgan fingerprint density at radius 1 is 1.00 bits per heavy atom. The summed E-state index contributed by atoms with van der Waals surface area (Å²) < 4.78 is 5.80. The van der Waals surface area contributed by atoms with Gasteiger partial charge in [0.05, 0.1) is 24.3 Å². The van der Waals surface area contributed by atoms with Crippen LogP contribution in [0.15, 0.2) is 67.1 Å². The first-order chi connectivity index (χ1) is 12.3. The third kappa shape index (κ3) is 3.42. The lowest BCUT2D eigenvalue weighted by Gasteiger charge is -2.17. The van der Waals surface area contributed by atoms with Crippen molar-refractivity contribution < 1.29 is 9.53 Å². The van der Waals surface area contributed by atoms with Crippen molar-refractivity contribution >= 4 is 17.4 Å². The highest BCUT2D eigenvalue weighted by Gasteiger charge is 2.22. The molecule has 2 aromatic carbocycles. The Bertz CT molecular complexity index is 881. The predicted molar refractivity (Wildman–Crippen MR) is 94.6 cm³/mol. The van der Waals surface area contributed by atoms with Crippen molar-refractivity contribution in [3.8, 4) is 11.5 Å². The monoisotopic (exact) mass is 332 g/mol. The summed E-state index contributed by atoms with van der Waals surface area (Å²) in [6.45, 7) is 0. The van der Waals surface area contributed by atoms with Crippen LogP contribution >= 0.6 is 0 Å². The third-order valence-electron chi connectivity index (χ3n) is 3.95. The van der Waals surface area contributed by atoms with Gasteiger partial charge in [0.15, 0.2) is 5.82 Å². The number of benzene rings is 2. The molecule has 0 saturated carbocycles. The van der Waals surface area contributed by atoms with E-state index in [0.717, 1.165) is 17.1 Å². The maximum absolute atomic E-state index is 12.1. The van der Waals surface area contributed by atoms with Gasteiger partial charge >= 0.3 is 0 Å². The van der Waals surface area contributed by atoms with Gasteiger partial charge in [0, 0.05) is 0 Å². The number of rotatable bonds is 3. The lowest BCUT2D eigenvalue weighted by Crippen LogP contribution is -2.15. The van der Waals surface area contributed by atoms with Crippen LogP contribution in [-0.2, 0) is 4.79 Å². The molecule has 3 aromatic rings. The van der Waals surface area contributed by atoms with Gasteiger partial charge in [0.2, 0.25) is 5.91 Å². The molecular weight excluding hydrogens is 316 g/mol. The molecule has 6 heteroatoms. The summed E-state index contributed by atoms with van der Waals surface area (Å²) in [6, 6.07) is 17.2. The van der Waals surface area contributed by atoms with E-state index in [-0.39, 0.29) is 11.9 Å². The maximum Gasteiger partial charge on any atom is 0.228 e. The number of anilines is 2. The fourth-order valence-corrected chi connectivity index (χ4v) is 2.74. The molecular formula is C19H16N4O2. The van der Waals surface area contributed by atoms with Crippen LogP contribution in [0.25, 0.3) is 0 Å². The number of aromatic nitrogens is 2.